The number of anilines is 2. The van der Waals surface area contributed by atoms with Crippen LogP contribution < -0.4 is 10.6 Å². The first-order valence-corrected chi connectivity index (χ1v) is 9.29. The summed E-state index contributed by atoms with van der Waals surface area (Å²) in [5, 5.41) is 18.1. The third kappa shape index (κ3) is 4.95. The number of urea groups is 1. The van der Waals surface area contributed by atoms with E-state index in [0.717, 1.165) is 6.07 Å². The van der Waals surface area contributed by atoms with Crippen molar-refractivity contribution in [2.45, 2.75) is 6.18 Å². The third-order valence-corrected chi connectivity index (χ3v) is 4.58. The molecule has 3 aromatic carbocycles. The molecule has 4 rings (SSSR count). The van der Waals surface area contributed by atoms with Crippen molar-refractivity contribution < 1.29 is 26.7 Å². The number of hydrogen-bond donors (Lipinski definition) is 3. The van der Waals surface area contributed by atoms with Crippen molar-refractivity contribution in [1.29, 1.82) is 0 Å². The van der Waals surface area contributed by atoms with E-state index in [1.165, 1.54) is 18.2 Å². The predicted octanol–water partition coefficient (Wildman–Crippen LogP) is 5.47. The number of amides is 2. The summed E-state index contributed by atoms with van der Waals surface area (Å²) in [6.45, 7) is 0. The number of carbonyl (C=O) groups excluding carboxylic acids is 1. The highest BCUT2D eigenvalue weighted by atomic mass is 19.4. The first-order chi connectivity index (χ1) is 15.7. The van der Waals surface area contributed by atoms with Crippen molar-refractivity contribution in [3.05, 3.63) is 77.9 Å². The van der Waals surface area contributed by atoms with E-state index >= 15 is 0 Å². The number of carbonyl (C=O) groups is 1. The average Bonchev–Trinajstić information content (AvgIpc) is 3.30. The van der Waals surface area contributed by atoms with Crippen LogP contribution in [0.3, 0.4) is 0 Å². The topological polar surface area (TPSA) is 95.6 Å². The summed E-state index contributed by atoms with van der Waals surface area (Å²) in [5.74, 6) is -1.65. The lowest BCUT2D eigenvalue weighted by Crippen LogP contribution is -2.20. The summed E-state index contributed by atoms with van der Waals surface area (Å²) >= 11 is 0. The monoisotopic (exact) mass is 460 g/mol. The van der Waals surface area contributed by atoms with Gasteiger partial charge in [-0.3, -0.25) is 0 Å². The predicted molar refractivity (Wildman–Crippen MR) is 109 cm³/mol. The van der Waals surface area contributed by atoms with E-state index in [9.17, 15) is 26.7 Å². The van der Waals surface area contributed by atoms with Crippen molar-refractivity contribution in [1.82, 2.24) is 20.6 Å². The molecule has 7 nitrogen and oxygen atoms in total. The quantitative estimate of drug-likeness (QED) is 0.352. The lowest BCUT2D eigenvalue weighted by molar-refractivity contribution is -0.139. The molecular weight excluding hydrogens is 447 g/mol. The number of aromatic nitrogens is 4. The minimum Gasteiger partial charge on any atom is -0.308 e. The fourth-order valence-corrected chi connectivity index (χ4v) is 3.05. The van der Waals surface area contributed by atoms with Crippen molar-refractivity contribution in [2.24, 2.45) is 0 Å². The highest BCUT2D eigenvalue weighted by molar-refractivity contribution is 6.02. The fourth-order valence-electron chi connectivity index (χ4n) is 3.05. The Morgan fingerprint density at radius 1 is 0.879 bits per heavy atom. The number of nitrogens with one attached hydrogen (secondary N) is 3. The van der Waals surface area contributed by atoms with Gasteiger partial charge in [-0.25, -0.2) is 18.7 Å². The van der Waals surface area contributed by atoms with Crippen LogP contribution in [0.4, 0.5) is 38.1 Å². The first-order valence-electron chi connectivity index (χ1n) is 9.29. The summed E-state index contributed by atoms with van der Waals surface area (Å²) in [6, 6.07) is 11.8. The number of alkyl halides is 3. The van der Waals surface area contributed by atoms with Crippen molar-refractivity contribution >= 4 is 17.4 Å². The van der Waals surface area contributed by atoms with Crippen LogP contribution in [0.25, 0.3) is 22.5 Å². The summed E-state index contributed by atoms with van der Waals surface area (Å²) in [6.07, 6.45) is -4.92. The molecule has 12 heteroatoms. The summed E-state index contributed by atoms with van der Waals surface area (Å²) < 4.78 is 65.4. The van der Waals surface area contributed by atoms with Gasteiger partial charge in [0.15, 0.2) is 5.82 Å². The number of halogens is 5. The van der Waals surface area contributed by atoms with Crippen LogP contribution in [-0.4, -0.2) is 26.7 Å². The number of rotatable bonds is 4. The van der Waals surface area contributed by atoms with Gasteiger partial charge in [0.1, 0.15) is 11.6 Å². The Labute approximate surface area is 182 Å². The zero-order valence-electron chi connectivity index (χ0n) is 16.4. The van der Waals surface area contributed by atoms with Gasteiger partial charge in [0.25, 0.3) is 0 Å². The molecule has 1 aromatic heterocycles. The molecule has 168 valence electrons. The molecule has 0 bridgehead atoms. The molecule has 0 radical (unpaired) electrons. The largest absolute Gasteiger partial charge is 0.419 e. The Balaban J connectivity index is 1.61. The van der Waals surface area contributed by atoms with Crippen molar-refractivity contribution in [3.63, 3.8) is 0 Å². The second-order valence-corrected chi connectivity index (χ2v) is 6.79. The Morgan fingerprint density at radius 2 is 1.61 bits per heavy atom. The van der Waals surface area contributed by atoms with E-state index in [4.69, 9.17) is 0 Å². The van der Waals surface area contributed by atoms with Gasteiger partial charge in [-0.15, -0.1) is 5.10 Å². The molecule has 4 aromatic rings. The molecule has 0 atom stereocenters. The molecule has 0 aliphatic rings. The van der Waals surface area contributed by atoms with Gasteiger partial charge in [-0.05, 0) is 64.0 Å². The van der Waals surface area contributed by atoms with Gasteiger partial charge in [-0.2, -0.15) is 13.2 Å². The molecule has 1 heterocycles. The molecule has 0 fully saturated rings. The number of benzene rings is 3. The van der Waals surface area contributed by atoms with Crippen LogP contribution >= 0.6 is 0 Å². The van der Waals surface area contributed by atoms with Crippen LogP contribution in [0, 0.1) is 11.6 Å². The normalized spacial score (nSPS) is 11.3. The summed E-state index contributed by atoms with van der Waals surface area (Å²) in [7, 11) is 0. The summed E-state index contributed by atoms with van der Waals surface area (Å²) in [4.78, 5) is 12.4. The molecule has 33 heavy (non-hydrogen) atoms. The third-order valence-electron chi connectivity index (χ3n) is 4.58. The molecule has 0 saturated heterocycles. The van der Waals surface area contributed by atoms with Crippen LogP contribution in [0.15, 0.2) is 60.7 Å². The highest BCUT2D eigenvalue weighted by Gasteiger charge is 2.34. The summed E-state index contributed by atoms with van der Waals surface area (Å²) in [5.41, 5.74) is 0.194. The molecule has 0 spiro atoms. The highest BCUT2D eigenvalue weighted by Crippen LogP contribution is 2.34. The second-order valence-electron chi connectivity index (χ2n) is 6.79. The SMILES string of the molecule is O=C(Nc1ccc(F)c(C(F)(F)F)c1)Nc1ccc(-c2ccc(F)cc2)cc1-c1nnn[nH]1. The second kappa shape index (κ2) is 8.65. The van der Waals surface area contributed by atoms with E-state index in [0.29, 0.717) is 28.8 Å². The number of hydrogen-bond acceptors (Lipinski definition) is 4. The molecule has 0 saturated carbocycles. The fraction of sp³-hybridized carbons (Fsp3) is 0.0476. The Bertz CT molecular complexity index is 1290. The van der Waals surface area contributed by atoms with Crippen molar-refractivity contribution in [2.75, 3.05) is 10.6 Å². The molecule has 0 aliphatic carbocycles. The lowest BCUT2D eigenvalue weighted by Gasteiger charge is -2.14. The van der Waals surface area contributed by atoms with Crippen molar-refractivity contribution in [3.8, 4) is 22.5 Å². The zero-order valence-corrected chi connectivity index (χ0v) is 16.4. The number of tetrazole rings is 1. The maximum absolute atomic E-state index is 13.5. The molecule has 0 unspecified atom stereocenters. The van der Waals surface area contributed by atoms with Gasteiger partial charge in [-0.1, -0.05) is 18.2 Å². The zero-order chi connectivity index (χ0) is 23.6. The van der Waals surface area contributed by atoms with Gasteiger partial charge < -0.3 is 10.6 Å². The van der Waals surface area contributed by atoms with E-state index in [-0.39, 0.29) is 17.2 Å². The van der Waals surface area contributed by atoms with Gasteiger partial charge in [0.2, 0.25) is 0 Å². The average molecular weight is 460 g/mol. The van der Waals surface area contributed by atoms with Gasteiger partial charge >= 0.3 is 12.2 Å². The van der Waals surface area contributed by atoms with E-state index in [1.807, 2.05) is 0 Å². The minimum atomic E-state index is -4.92. The number of nitrogens with zero attached hydrogens (tertiary/aromatic N) is 3. The van der Waals surface area contributed by atoms with Gasteiger partial charge in [0.05, 0.1) is 11.3 Å². The van der Waals surface area contributed by atoms with E-state index in [2.05, 4.69) is 31.3 Å². The maximum atomic E-state index is 13.5. The van der Waals surface area contributed by atoms with Gasteiger partial charge in [0, 0.05) is 11.3 Å². The molecule has 3 N–H and O–H groups in total. The van der Waals surface area contributed by atoms with Crippen LogP contribution in [0.2, 0.25) is 0 Å². The molecular formula is C21H13F5N6O. The van der Waals surface area contributed by atoms with E-state index in [1.54, 1.807) is 24.3 Å². The maximum Gasteiger partial charge on any atom is 0.419 e. The number of H-pyrrole nitrogens is 1. The first kappa shape index (κ1) is 21.9. The minimum absolute atomic E-state index is 0.204. The Hall–Kier alpha value is -4.35. The van der Waals surface area contributed by atoms with Crippen LogP contribution in [0.5, 0.6) is 0 Å². The smallest absolute Gasteiger partial charge is 0.308 e. The lowest BCUT2D eigenvalue weighted by atomic mass is 10.0. The van der Waals surface area contributed by atoms with Crippen LogP contribution in [0.1, 0.15) is 5.56 Å². The van der Waals surface area contributed by atoms with Crippen LogP contribution in [-0.2, 0) is 6.18 Å². The Morgan fingerprint density at radius 3 is 2.27 bits per heavy atom. The molecule has 2 amide bonds. The molecule has 0 aliphatic heterocycles. The Kier molecular flexibility index (Phi) is 5.73. The number of aromatic amines is 1. The van der Waals surface area contributed by atoms with E-state index < -0.39 is 29.4 Å². The standard InChI is InChI=1S/C21H13F5N6O/c22-13-4-1-11(2-5-13)12-3-8-18(15(9-12)19-29-31-32-30-19)28-20(33)27-14-6-7-17(23)16(10-14)21(24,25)26/h1-10H,(H2,27,28,33)(H,29,30,31,32).